The lowest BCUT2D eigenvalue weighted by atomic mass is 10.1. The van der Waals surface area contributed by atoms with Gasteiger partial charge in [-0.2, -0.15) is 0 Å². The van der Waals surface area contributed by atoms with Gasteiger partial charge in [-0.25, -0.2) is 0 Å². The Morgan fingerprint density at radius 2 is 2.21 bits per heavy atom. The van der Waals surface area contributed by atoms with Gasteiger partial charge in [0, 0.05) is 47.1 Å². The first-order valence-electron chi connectivity index (χ1n) is 6.49. The van der Waals surface area contributed by atoms with E-state index in [0.29, 0.717) is 0 Å². The lowest BCUT2D eigenvalue weighted by Gasteiger charge is -2.12. The van der Waals surface area contributed by atoms with Crippen LogP contribution in [0.25, 0.3) is 0 Å². The third kappa shape index (κ3) is 3.02. The maximum absolute atomic E-state index is 3.51. The molecule has 0 bridgehead atoms. The largest absolute Gasteiger partial charge is 0.374 e. The van der Waals surface area contributed by atoms with Crippen molar-refractivity contribution in [2.24, 2.45) is 0 Å². The summed E-state index contributed by atoms with van der Waals surface area (Å²) in [5, 5.41) is 5.64. The highest BCUT2D eigenvalue weighted by molar-refractivity contribution is 9.10. The molecule has 2 aromatic rings. The number of nitrogens with zero attached hydrogens (tertiary/aromatic N) is 1. The third-order valence-electron chi connectivity index (χ3n) is 3.52. The van der Waals surface area contributed by atoms with Crippen molar-refractivity contribution in [3.8, 4) is 0 Å². The van der Waals surface area contributed by atoms with Gasteiger partial charge in [-0.3, -0.25) is 0 Å². The van der Waals surface area contributed by atoms with E-state index in [9.17, 15) is 0 Å². The van der Waals surface area contributed by atoms with E-state index >= 15 is 0 Å². The molecule has 100 valence electrons. The number of halogens is 1. The molecule has 0 radical (unpaired) electrons. The van der Waals surface area contributed by atoms with E-state index in [1.165, 1.54) is 32.6 Å². The van der Waals surface area contributed by atoms with Crippen LogP contribution in [-0.2, 0) is 19.5 Å². The molecule has 0 saturated heterocycles. The second-order valence-electron chi connectivity index (χ2n) is 4.97. The highest BCUT2D eigenvalue weighted by Gasteiger charge is 2.15. The summed E-state index contributed by atoms with van der Waals surface area (Å²) >= 11 is 5.28. The summed E-state index contributed by atoms with van der Waals surface area (Å²) < 4.78 is 1.18. The number of hydrogen-bond donors (Lipinski definition) is 1. The molecule has 0 unspecified atom stereocenters. The predicted octanol–water partition coefficient (Wildman–Crippen LogP) is 3.79. The Kier molecular flexibility index (Phi) is 3.91. The Morgan fingerprint density at radius 1 is 1.32 bits per heavy atom. The molecule has 3 rings (SSSR count). The van der Waals surface area contributed by atoms with Crippen molar-refractivity contribution >= 4 is 33.0 Å². The molecular weight excluding hydrogens is 320 g/mol. The number of fused-ring (bicyclic) bond motifs is 1. The fraction of sp³-hybridized carbons (Fsp3) is 0.333. The van der Waals surface area contributed by atoms with Gasteiger partial charge < -0.3 is 10.2 Å². The fourth-order valence-corrected chi connectivity index (χ4v) is 3.93. The van der Waals surface area contributed by atoms with Crippen LogP contribution in [0.4, 0.5) is 5.69 Å². The minimum Gasteiger partial charge on any atom is -0.374 e. The van der Waals surface area contributed by atoms with Crippen LogP contribution in [0.2, 0.25) is 0 Å². The van der Waals surface area contributed by atoms with Crippen LogP contribution in [0, 0.1) is 0 Å². The predicted molar refractivity (Wildman–Crippen MR) is 86.0 cm³/mol. The summed E-state index contributed by atoms with van der Waals surface area (Å²) in [6.45, 7) is 3.02. The Morgan fingerprint density at radius 3 is 3.00 bits per heavy atom. The lowest BCUT2D eigenvalue weighted by Crippen LogP contribution is -2.13. The minimum absolute atomic E-state index is 0.937. The SMILES string of the molecule is CN1CCc2cc(CNCc3cc(Br)cs3)ccc21. The lowest BCUT2D eigenvalue weighted by molar-refractivity contribution is 0.700. The van der Waals surface area contributed by atoms with Crippen LogP contribution in [0.15, 0.2) is 34.1 Å². The Balaban J connectivity index is 1.59. The van der Waals surface area contributed by atoms with Gasteiger partial charge in [0.2, 0.25) is 0 Å². The molecule has 0 spiro atoms. The van der Waals surface area contributed by atoms with E-state index in [4.69, 9.17) is 0 Å². The van der Waals surface area contributed by atoms with Crippen LogP contribution in [0.1, 0.15) is 16.0 Å². The van der Waals surface area contributed by atoms with Gasteiger partial charge in [0.1, 0.15) is 0 Å². The second kappa shape index (κ2) is 5.65. The van der Waals surface area contributed by atoms with Crippen molar-refractivity contribution in [1.82, 2.24) is 5.32 Å². The zero-order valence-corrected chi connectivity index (χ0v) is 13.4. The molecule has 0 atom stereocenters. The average Bonchev–Trinajstić information content (AvgIpc) is 2.97. The minimum atomic E-state index is 0.937. The first-order chi connectivity index (χ1) is 9.22. The van der Waals surface area contributed by atoms with Crippen LogP contribution >= 0.6 is 27.3 Å². The molecule has 1 aliphatic rings. The number of thiophene rings is 1. The van der Waals surface area contributed by atoms with Crippen molar-refractivity contribution in [3.63, 3.8) is 0 Å². The molecule has 4 heteroatoms. The normalized spacial score (nSPS) is 13.9. The molecule has 19 heavy (non-hydrogen) atoms. The summed E-state index contributed by atoms with van der Waals surface area (Å²) in [5.74, 6) is 0. The average molecular weight is 337 g/mol. The molecule has 2 heterocycles. The van der Waals surface area contributed by atoms with Gasteiger partial charge in [-0.1, -0.05) is 12.1 Å². The second-order valence-corrected chi connectivity index (χ2v) is 6.88. The molecule has 0 fully saturated rings. The molecule has 2 nitrogen and oxygen atoms in total. The summed E-state index contributed by atoms with van der Waals surface area (Å²) in [6, 6.07) is 9.00. The topological polar surface area (TPSA) is 15.3 Å². The van der Waals surface area contributed by atoms with Gasteiger partial charge in [0.25, 0.3) is 0 Å². The number of nitrogens with one attached hydrogen (secondary N) is 1. The maximum atomic E-state index is 3.51. The van der Waals surface area contributed by atoms with Gasteiger partial charge in [0.15, 0.2) is 0 Å². The van der Waals surface area contributed by atoms with E-state index in [0.717, 1.165) is 19.6 Å². The van der Waals surface area contributed by atoms with Crippen LogP contribution in [0.5, 0.6) is 0 Å². The number of benzene rings is 1. The van der Waals surface area contributed by atoms with Gasteiger partial charge in [-0.05, 0) is 45.6 Å². The van der Waals surface area contributed by atoms with Crippen molar-refractivity contribution in [2.45, 2.75) is 19.5 Å². The van der Waals surface area contributed by atoms with Crippen molar-refractivity contribution in [3.05, 3.63) is 50.1 Å². The summed E-state index contributed by atoms with van der Waals surface area (Å²) in [6.07, 6.45) is 1.18. The fourth-order valence-electron chi connectivity index (χ4n) is 2.51. The molecule has 1 aromatic carbocycles. The first kappa shape index (κ1) is 13.2. The molecular formula is C15H17BrN2S. The standard InChI is InChI=1S/C15H17BrN2S/c1-18-5-4-12-6-11(2-3-15(12)18)8-17-9-14-7-13(16)10-19-14/h2-3,6-7,10,17H,4-5,8-9H2,1H3. The van der Waals surface area contributed by atoms with Crippen LogP contribution in [0.3, 0.4) is 0 Å². The van der Waals surface area contributed by atoms with E-state index in [1.54, 1.807) is 11.3 Å². The van der Waals surface area contributed by atoms with Crippen molar-refractivity contribution in [1.29, 1.82) is 0 Å². The molecule has 0 saturated carbocycles. The van der Waals surface area contributed by atoms with Crippen molar-refractivity contribution in [2.75, 3.05) is 18.5 Å². The Labute approximate surface area is 126 Å². The van der Waals surface area contributed by atoms with Crippen LogP contribution < -0.4 is 10.2 Å². The molecule has 1 N–H and O–H groups in total. The molecule has 0 amide bonds. The number of anilines is 1. The quantitative estimate of drug-likeness (QED) is 0.913. The number of rotatable bonds is 4. The zero-order chi connectivity index (χ0) is 13.2. The highest BCUT2D eigenvalue weighted by atomic mass is 79.9. The molecule has 1 aromatic heterocycles. The third-order valence-corrected chi connectivity index (χ3v) is 5.22. The van der Waals surface area contributed by atoms with E-state index in [1.807, 2.05) is 0 Å². The smallest absolute Gasteiger partial charge is 0.0397 e. The van der Waals surface area contributed by atoms with Gasteiger partial charge in [0.05, 0.1) is 0 Å². The van der Waals surface area contributed by atoms with Crippen molar-refractivity contribution < 1.29 is 0 Å². The molecule has 0 aliphatic carbocycles. The van der Waals surface area contributed by atoms with E-state index in [2.05, 4.69) is 62.8 Å². The van der Waals surface area contributed by atoms with E-state index < -0.39 is 0 Å². The summed E-state index contributed by atoms with van der Waals surface area (Å²) in [5.41, 5.74) is 4.26. The van der Waals surface area contributed by atoms with E-state index in [-0.39, 0.29) is 0 Å². The Bertz CT molecular complexity index is 579. The van der Waals surface area contributed by atoms with Gasteiger partial charge in [-0.15, -0.1) is 11.3 Å². The monoisotopic (exact) mass is 336 g/mol. The van der Waals surface area contributed by atoms with Crippen LogP contribution in [-0.4, -0.2) is 13.6 Å². The first-order valence-corrected chi connectivity index (χ1v) is 8.16. The number of hydrogen-bond acceptors (Lipinski definition) is 3. The Hall–Kier alpha value is -0.840. The summed E-state index contributed by atoms with van der Waals surface area (Å²) in [4.78, 5) is 3.70. The number of likely N-dealkylation sites (N-methyl/N-ethyl adjacent to an activating group) is 1. The van der Waals surface area contributed by atoms with Gasteiger partial charge >= 0.3 is 0 Å². The zero-order valence-electron chi connectivity index (χ0n) is 10.9. The summed E-state index contributed by atoms with van der Waals surface area (Å²) in [7, 11) is 2.17. The highest BCUT2D eigenvalue weighted by Crippen LogP contribution is 2.27. The maximum Gasteiger partial charge on any atom is 0.0397 e. The molecule has 1 aliphatic heterocycles.